The quantitative estimate of drug-likeness (QED) is 0.775. The first-order chi connectivity index (χ1) is 11.8. The van der Waals surface area contributed by atoms with Crippen LogP contribution in [0.3, 0.4) is 0 Å². The van der Waals surface area contributed by atoms with Crippen molar-refractivity contribution in [3.8, 4) is 10.4 Å². The maximum atomic E-state index is 2.70. The van der Waals surface area contributed by atoms with E-state index in [1.54, 1.807) is 0 Å². The Morgan fingerprint density at radius 3 is 2.50 bits per heavy atom. The zero-order chi connectivity index (χ0) is 16.4. The summed E-state index contributed by atoms with van der Waals surface area (Å²) in [6.45, 7) is 8.79. The van der Waals surface area contributed by atoms with Crippen molar-refractivity contribution >= 4 is 17.0 Å². The van der Waals surface area contributed by atoms with Gasteiger partial charge in [0, 0.05) is 26.2 Å². The maximum Gasteiger partial charge on any atom is 0.0576 e. The average Bonchev–Trinajstić information content (AvgIpc) is 3.26. The second-order valence-corrected chi connectivity index (χ2v) is 8.50. The fourth-order valence-electron chi connectivity index (χ4n) is 4.27. The van der Waals surface area contributed by atoms with Gasteiger partial charge in [0.1, 0.15) is 0 Å². The monoisotopic (exact) mass is 340 g/mol. The Hall–Kier alpha value is -1.32. The van der Waals surface area contributed by atoms with Crippen LogP contribution in [0.4, 0.5) is 5.69 Å². The summed E-state index contributed by atoms with van der Waals surface area (Å²) in [5.41, 5.74) is 2.80. The van der Waals surface area contributed by atoms with E-state index in [9.17, 15) is 0 Å². The summed E-state index contributed by atoms with van der Waals surface area (Å²) in [5, 5.41) is 2.25. The van der Waals surface area contributed by atoms with Crippen molar-refractivity contribution in [1.82, 2.24) is 4.90 Å². The molecule has 2 aromatic rings. The molecule has 2 nitrogen and oxygen atoms in total. The Morgan fingerprint density at radius 2 is 1.79 bits per heavy atom. The summed E-state index contributed by atoms with van der Waals surface area (Å²) in [4.78, 5) is 6.75. The first kappa shape index (κ1) is 16.2. The number of benzene rings is 1. The number of thiophene rings is 1. The molecule has 24 heavy (non-hydrogen) atoms. The van der Waals surface area contributed by atoms with Crippen LogP contribution < -0.4 is 4.90 Å². The second kappa shape index (κ2) is 7.28. The van der Waals surface area contributed by atoms with Crippen LogP contribution in [0.1, 0.15) is 26.2 Å². The van der Waals surface area contributed by atoms with E-state index in [-0.39, 0.29) is 0 Å². The molecule has 0 amide bonds. The third kappa shape index (κ3) is 3.52. The molecule has 0 bridgehead atoms. The molecule has 2 fully saturated rings. The van der Waals surface area contributed by atoms with Gasteiger partial charge >= 0.3 is 0 Å². The van der Waals surface area contributed by atoms with E-state index < -0.39 is 0 Å². The van der Waals surface area contributed by atoms with Gasteiger partial charge in [0.05, 0.1) is 10.6 Å². The average molecular weight is 341 g/mol. The van der Waals surface area contributed by atoms with Crippen molar-refractivity contribution in [2.75, 3.05) is 37.6 Å². The van der Waals surface area contributed by atoms with Gasteiger partial charge in [-0.15, -0.1) is 11.3 Å². The van der Waals surface area contributed by atoms with Gasteiger partial charge in [0.15, 0.2) is 0 Å². The van der Waals surface area contributed by atoms with Crippen molar-refractivity contribution in [2.24, 2.45) is 11.8 Å². The topological polar surface area (TPSA) is 6.48 Å². The number of likely N-dealkylation sites (tertiary alicyclic amines) is 1. The lowest BCUT2D eigenvalue weighted by atomic mass is 9.95. The molecule has 0 saturated carbocycles. The third-order valence-electron chi connectivity index (χ3n) is 5.66. The molecule has 3 heterocycles. The molecule has 2 aliphatic rings. The van der Waals surface area contributed by atoms with Gasteiger partial charge in [0.2, 0.25) is 0 Å². The highest BCUT2D eigenvalue weighted by Crippen LogP contribution is 2.37. The Bertz CT molecular complexity index is 643. The van der Waals surface area contributed by atoms with Crippen LogP contribution >= 0.6 is 11.3 Å². The lowest BCUT2D eigenvalue weighted by Crippen LogP contribution is -2.38. The summed E-state index contributed by atoms with van der Waals surface area (Å²) in [7, 11) is 0. The minimum absolute atomic E-state index is 0.894. The minimum Gasteiger partial charge on any atom is -0.370 e. The van der Waals surface area contributed by atoms with E-state index in [0.29, 0.717) is 0 Å². The summed E-state index contributed by atoms with van der Waals surface area (Å²) in [5.74, 6) is 1.80. The molecular weight excluding hydrogens is 312 g/mol. The summed E-state index contributed by atoms with van der Waals surface area (Å²) >= 11 is 1.87. The molecule has 0 aliphatic carbocycles. The van der Waals surface area contributed by atoms with Crippen molar-refractivity contribution in [3.05, 3.63) is 41.8 Å². The summed E-state index contributed by atoms with van der Waals surface area (Å²) in [6.07, 6.45) is 4.08. The van der Waals surface area contributed by atoms with Crippen LogP contribution in [0.5, 0.6) is 0 Å². The van der Waals surface area contributed by atoms with E-state index in [2.05, 4.69) is 58.5 Å². The number of nitrogens with zero attached hydrogens (tertiary/aromatic N) is 2. The molecule has 1 aromatic heterocycles. The fraction of sp³-hybridized carbons (Fsp3) is 0.524. The highest BCUT2D eigenvalue weighted by atomic mass is 32.1. The molecule has 3 heteroatoms. The van der Waals surface area contributed by atoms with Crippen LogP contribution in [0.25, 0.3) is 10.4 Å². The molecule has 1 atom stereocenters. The van der Waals surface area contributed by atoms with Crippen LogP contribution in [-0.4, -0.2) is 37.6 Å². The minimum atomic E-state index is 0.894. The smallest absolute Gasteiger partial charge is 0.0576 e. The predicted octanol–water partition coefficient (Wildman–Crippen LogP) is 4.97. The van der Waals surface area contributed by atoms with Crippen molar-refractivity contribution in [2.45, 2.75) is 26.2 Å². The molecule has 128 valence electrons. The van der Waals surface area contributed by atoms with E-state index in [4.69, 9.17) is 0 Å². The predicted molar refractivity (Wildman–Crippen MR) is 105 cm³/mol. The van der Waals surface area contributed by atoms with Crippen LogP contribution in [0.15, 0.2) is 41.8 Å². The molecule has 1 aromatic carbocycles. The number of rotatable bonds is 4. The van der Waals surface area contributed by atoms with Gasteiger partial charge in [-0.2, -0.15) is 0 Å². The standard InChI is InChI=1S/C21H28N2S/c1-17-7-11-22(15-17)16-18-8-12-23(13-9-18)20-10-14-24-21(20)19-5-3-2-4-6-19/h2-6,10,14,17-18H,7-9,11-13,15-16H2,1H3. The van der Waals surface area contributed by atoms with Gasteiger partial charge in [-0.05, 0) is 54.7 Å². The zero-order valence-corrected chi connectivity index (χ0v) is 15.5. The highest BCUT2D eigenvalue weighted by Gasteiger charge is 2.26. The Kier molecular flexibility index (Phi) is 4.91. The van der Waals surface area contributed by atoms with E-state index in [1.165, 1.54) is 68.1 Å². The highest BCUT2D eigenvalue weighted by molar-refractivity contribution is 7.14. The van der Waals surface area contributed by atoms with Gasteiger partial charge < -0.3 is 9.80 Å². The molecular formula is C21H28N2S. The lowest BCUT2D eigenvalue weighted by molar-refractivity contribution is 0.244. The summed E-state index contributed by atoms with van der Waals surface area (Å²) < 4.78 is 0. The molecule has 4 rings (SSSR count). The van der Waals surface area contributed by atoms with Gasteiger partial charge in [-0.25, -0.2) is 0 Å². The SMILES string of the molecule is CC1CCN(CC2CCN(c3ccsc3-c3ccccc3)CC2)C1. The van der Waals surface area contributed by atoms with Crippen molar-refractivity contribution in [3.63, 3.8) is 0 Å². The van der Waals surface area contributed by atoms with Crippen molar-refractivity contribution < 1.29 is 0 Å². The third-order valence-corrected chi connectivity index (χ3v) is 6.61. The normalized spacial score (nSPS) is 23.0. The van der Waals surface area contributed by atoms with E-state index >= 15 is 0 Å². The molecule has 2 saturated heterocycles. The lowest BCUT2D eigenvalue weighted by Gasteiger charge is -2.35. The molecule has 0 radical (unpaired) electrons. The second-order valence-electron chi connectivity index (χ2n) is 7.58. The van der Waals surface area contributed by atoms with Gasteiger partial charge in [0.25, 0.3) is 0 Å². The fourth-order valence-corrected chi connectivity index (χ4v) is 5.19. The van der Waals surface area contributed by atoms with Crippen LogP contribution in [0, 0.1) is 11.8 Å². The Morgan fingerprint density at radius 1 is 1.00 bits per heavy atom. The van der Waals surface area contributed by atoms with Crippen molar-refractivity contribution in [1.29, 1.82) is 0 Å². The zero-order valence-electron chi connectivity index (χ0n) is 14.7. The largest absolute Gasteiger partial charge is 0.370 e. The van der Waals surface area contributed by atoms with Crippen LogP contribution in [-0.2, 0) is 0 Å². The number of piperidine rings is 1. The Balaban J connectivity index is 1.37. The van der Waals surface area contributed by atoms with Gasteiger partial charge in [-0.1, -0.05) is 37.3 Å². The molecule has 1 unspecified atom stereocenters. The van der Waals surface area contributed by atoms with E-state index in [0.717, 1.165) is 11.8 Å². The summed E-state index contributed by atoms with van der Waals surface area (Å²) in [6, 6.07) is 13.2. The van der Waals surface area contributed by atoms with Gasteiger partial charge in [-0.3, -0.25) is 0 Å². The maximum absolute atomic E-state index is 2.70. The number of hydrogen-bond donors (Lipinski definition) is 0. The first-order valence-corrected chi connectivity index (χ1v) is 10.3. The number of anilines is 1. The number of hydrogen-bond acceptors (Lipinski definition) is 3. The Labute approximate surface area is 150 Å². The first-order valence-electron chi connectivity index (χ1n) is 9.40. The van der Waals surface area contributed by atoms with Crippen LogP contribution in [0.2, 0.25) is 0 Å². The van der Waals surface area contributed by atoms with E-state index in [1.807, 2.05) is 11.3 Å². The molecule has 0 spiro atoms. The molecule has 2 aliphatic heterocycles. The molecule has 0 N–H and O–H groups in total.